The van der Waals surface area contributed by atoms with E-state index in [4.69, 9.17) is 4.74 Å². The molecular formula is C29H23BrN2O4. The number of nitrogens with one attached hydrogen (secondary N) is 1. The van der Waals surface area contributed by atoms with E-state index in [2.05, 4.69) is 21.2 Å². The lowest BCUT2D eigenvalue weighted by Gasteiger charge is -2.37. The van der Waals surface area contributed by atoms with Gasteiger partial charge in [0.15, 0.2) is 11.6 Å². The van der Waals surface area contributed by atoms with E-state index < -0.39 is 23.4 Å². The van der Waals surface area contributed by atoms with Crippen molar-refractivity contribution in [1.29, 1.82) is 0 Å². The minimum absolute atomic E-state index is 0.165. The molecule has 0 saturated carbocycles. The highest BCUT2D eigenvalue weighted by Gasteiger charge is 2.69. The van der Waals surface area contributed by atoms with Crippen LogP contribution >= 0.6 is 15.9 Å². The van der Waals surface area contributed by atoms with Crippen molar-refractivity contribution in [2.24, 2.45) is 5.92 Å². The minimum atomic E-state index is -1.27. The number of anilines is 2. The fraction of sp³-hybridized carbons (Fsp3) is 0.207. The second-order valence-electron chi connectivity index (χ2n) is 9.41. The van der Waals surface area contributed by atoms with Gasteiger partial charge in [0, 0.05) is 27.0 Å². The van der Waals surface area contributed by atoms with Gasteiger partial charge in [0.2, 0.25) is 5.91 Å². The molecule has 0 radical (unpaired) electrons. The molecule has 6 rings (SSSR count). The number of nitrogens with zero attached hydrogens (tertiary/aromatic N) is 1. The second-order valence-corrected chi connectivity index (χ2v) is 10.3. The monoisotopic (exact) mass is 542 g/mol. The van der Waals surface area contributed by atoms with E-state index in [1.165, 1.54) is 6.92 Å². The molecule has 1 N–H and O–H groups in total. The molecule has 4 atom stereocenters. The number of benzene rings is 3. The highest BCUT2D eigenvalue weighted by molar-refractivity contribution is 9.10. The third kappa shape index (κ3) is 2.99. The molecule has 6 nitrogen and oxygen atoms in total. The lowest BCUT2D eigenvalue weighted by Crippen LogP contribution is -2.51. The van der Waals surface area contributed by atoms with Crippen molar-refractivity contribution < 1.29 is 19.1 Å². The Morgan fingerprint density at radius 1 is 1.06 bits per heavy atom. The van der Waals surface area contributed by atoms with Gasteiger partial charge >= 0.3 is 0 Å². The fourth-order valence-corrected chi connectivity index (χ4v) is 6.50. The summed E-state index contributed by atoms with van der Waals surface area (Å²) >= 11 is 3.43. The Morgan fingerprint density at radius 3 is 2.53 bits per heavy atom. The second kappa shape index (κ2) is 8.17. The molecule has 3 aromatic carbocycles. The lowest BCUT2D eigenvalue weighted by molar-refractivity contribution is -0.122. The Hall–Kier alpha value is -3.71. The number of hydrogen-bond acceptors (Lipinski definition) is 5. The summed E-state index contributed by atoms with van der Waals surface area (Å²) in [6, 6.07) is 18.8. The van der Waals surface area contributed by atoms with Crippen molar-refractivity contribution in [1.82, 2.24) is 0 Å². The average Bonchev–Trinajstić information content (AvgIpc) is 3.36. The van der Waals surface area contributed by atoms with Crippen LogP contribution in [0.1, 0.15) is 28.4 Å². The van der Waals surface area contributed by atoms with Gasteiger partial charge in [0.1, 0.15) is 11.2 Å². The summed E-state index contributed by atoms with van der Waals surface area (Å²) in [7, 11) is 1.60. The Labute approximate surface area is 217 Å². The van der Waals surface area contributed by atoms with Gasteiger partial charge in [0.05, 0.1) is 25.1 Å². The van der Waals surface area contributed by atoms with Crippen molar-refractivity contribution in [3.63, 3.8) is 0 Å². The van der Waals surface area contributed by atoms with Gasteiger partial charge in [-0.15, -0.1) is 0 Å². The first-order chi connectivity index (χ1) is 17.4. The number of halogens is 1. The van der Waals surface area contributed by atoms with Crippen LogP contribution in [-0.4, -0.2) is 36.7 Å². The predicted molar refractivity (Wildman–Crippen MR) is 141 cm³/mol. The summed E-state index contributed by atoms with van der Waals surface area (Å²) < 4.78 is 6.25. The fourth-order valence-electron chi connectivity index (χ4n) is 6.23. The van der Waals surface area contributed by atoms with E-state index in [1.807, 2.05) is 59.5 Å². The predicted octanol–water partition coefficient (Wildman–Crippen LogP) is 5.02. The minimum Gasteiger partial charge on any atom is -0.497 e. The van der Waals surface area contributed by atoms with E-state index in [0.29, 0.717) is 17.0 Å². The van der Waals surface area contributed by atoms with Crippen LogP contribution in [-0.2, 0) is 15.0 Å². The van der Waals surface area contributed by atoms with E-state index in [1.54, 1.807) is 31.4 Å². The van der Waals surface area contributed by atoms with E-state index in [0.717, 1.165) is 21.3 Å². The average molecular weight is 543 g/mol. The van der Waals surface area contributed by atoms with Crippen molar-refractivity contribution >= 4 is 50.9 Å². The van der Waals surface area contributed by atoms with Gasteiger partial charge in [-0.25, -0.2) is 0 Å². The molecule has 7 heteroatoms. The molecule has 180 valence electrons. The van der Waals surface area contributed by atoms with Gasteiger partial charge in [-0.1, -0.05) is 58.4 Å². The number of para-hydroxylation sites is 1. The van der Waals surface area contributed by atoms with Crippen molar-refractivity contribution in [2.75, 3.05) is 17.3 Å². The number of hydrogen-bond donors (Lipinski definition) is 1. The number of methoxy groups -OCH3 is 1. The maximum atomic E-state index is 14.3. The summed E-state index contributed by atoms with van der Waals surface area (Å²) in [5, 5.41) is 3.02. The number of ether oxygens (including phenoxy) is 1. The molecule has 1 fully saturated rings. The standard InChI is InChI=1S/C29H23BrN2O4/c1-16(33)26-25(27(34)17-7-10-19(30)11-8-17)29(21-5-3-4-6-22(21)31-28(29)35)24-14-9-18-15-20(36-2)12-13-23(18)32(24)26/h3-15,24-26H,1-2H3,(H,31,35)/t24-,25-,26+,29+/m1/s1. The Bertz CT molecular complexity index is 1460. The molecule has 0 unspecified atom stereocenters. The van der Waals surface area contributed by atoms with Crippen LogP contribution in [0, 0.1) is 5.92 Å². The lowest BCUT2D eigenvalue weighted by atomic mass is 9.64. The largest absolute Gasteiger partial charge is 0.497 e. The summed E-state index contributed by atoms with van der Waals surface area (Å²) in [4.78, 5) is 43.7. The van der Waals surface area contributed by atoms with E-state index >= 15 is 0 Å². The third-order valence-electron chi connectivity index (χ3n) is 7.67. The molecule has 3 heterocycles. The smallest absolute Gasteiger partial charge is 0.238 e. The summed E-state index contributed by atoms with van der Waals surface area (Å²) in [5.41, 5.74) is 2.27. The topological polar surface area (TPSA) is 75.7 Å². The normalized spacial score (nSPS) is 25.2. The molecule has 1 amide bonds. The van der Waals surface area contributed by atoms with Gasteiger partial charge in [-0.05, 0) is 48.9 Å². The zero-order valence-corrected chi connectivity index (χ0v) is 21.3. The number of carbonyl (C=O) groups is 3. The molecule has 1 saturated heterocycles. The maximum absolute atomic E-state index is 14.3. The molecule has 3 aliphatic rings. The maximum Gasteiger partial charge on any atom is 0.238 e. The van der Waals surface area contributed by atoms with E-state index in [-0.39, 0.29) is 17.5 Å². The SMILES string of the molecule is COc1ccc2c(c1)C=C[C@H]1N2[C@@H](C(C)=O)[C@H](C(=O)c2ccc(Br)cc2)[C@@]12C(=O)Nc1ccccc12. The highest BCUT2D eigenvalue weighted by atomic mass is 79.9. The molecule has 3 aliphatic heterocycles. The van der Waals surface area contributed by atoms with Crippen LogP contribution in [0.3, 0.4) is 0 Å². The quantitative estimate of drug-likeness (QED) is 0.468. The number of amides is 1. The van der Waals surface area contributed by atoms with Crippen molar-refractivity contribution in [2.45, 2.75) is 24.4 Å². The number of fused-ring (bicyclic) bond motifs is 6. The molecule has 0 aromatic heterocycles. The van der Waals surface area contributed by atoms with Crippen LogP contribution < -0.4 is 15.0 Å². The number of ketones is 2. The van der Waals surface area contributed by atoms with Crippen molar-refractivity contribution in [3.8, 4) is 5.75 Å². The summed E-state index contributed by atoms with van der Waals surface area (Å²) in [6.07, 6.45) is 3.91. The van der Waals surface area contributed by atoms with Crippen LogP contribution in [0.25, 0.3) is 6.08 Å². The first kappa shape index (κ1) is 22.7. The molecule has 0 bridgehead atoms. The molecule has 36 heavy (non-hydrogen) atoms. The van der Waals surface area contributed by atoms with Gasteiger partial charge in [-0.2, -0.15) is 0 Å². The zero-order valence-electron chi connectivity index (χ0n) is 19.7. The molecule has 0 aliphatic carbocycles. The van der Waals surface area contributed by atoms with Gasteiger partial charge in [0.25, 0.3) is 0 Å². The van der Waals surface area contributed by atoms with Gasteiger partial charge < -0.3 is 15.0 Å². The number of rotatable bonds is 4. The highest BCUT2D eigenvalue weighted by Crippen LogP contribution is 2.57. The Balaban J connectivity index is 1.64. The van der Waals surface area contributed by atoms with Crippen LogP contribution in [0.4, 0.5) is 11.4 Å². The number of carbonyl (C=O) groups excluding carboxylic acids is 3. The molecule has 1 spiro atoms. The van der Waals surface area contributed by atoms with Crippen molar-refractivity contribution in [3.05, 3.63) is 94.0 Å². The third-order valence-corrected chi connectivity index (χ3v) is 8.20. The number of Topliss-reactive ketones (excluding diaryl/α,β-unsaturated/α-hetero) is 2. The first-order valence-electron chi connectivity index (χ1n) is 11.7. The summed E-state index contributed by atoms with van der Waals surface area (Å²) in [5.74, 6) is -0.896. The van der Waals surface area contributed by atoms with Crippen LogP contribution in [0.2, 0.25) is 0 Å². The molecule has 3 aromatic rings. The van der Waals surface area contributed by atoms with Crippen LogP contribution in [0.5, 0.6) is 5.75 Å². The Kier molecular flexibility index (Phi) is 5.16. The molecular weight excluding hydrogens is 520 g/mol. The van der Waals surface area contributed by atoms with E-state index in [9.17, 15) is 14.4 Å². The zero-order chi connectivity index (χ0) is 25.2. The van der Waals surface area contributed by atoms with Gasteiger partial charge in [-0.3, -0.25) is 14.4 Å². The first-order valence-corrected chi connectivity index (χ1v) is 12.5. The summed E-state index contributed by atoms with van der Waals surface area (Å²) in [6.45, 7) is 1.50. The van der Waals surface area contributed by atoms with Crippen LogP contribution in [0.15, 0.2) is 77.3 Å². The Morgan fingerprint density at radius 2 is 1.81 bits per heavy atom.